The van der Waals surface area contributed by atoms with Crippen molar-refractivity contribution in [3.63, 3.8) is 0 Å². The number of nitrogens with one attached hydrogen (secondary N) is 1. The molecule has 0 aliphatic rings. The first-order valence-electron chi connectivity index (χ1n) is 8.14. The van der Waals surface area contributed by atoms with Crippen molar-refractivity contribution in [2.45, 2.75) is 6.92 Å². The standard InChI is InChI=1S/C20H13N3O2S/c1-11-21-17-16-13(15-8-5-9-25-15)10-14(12-6-3-2-4-7-12)23-20(16)26-18(17)19(24)22-11/h2-10H,1H3,(H,21,22,24). The van der Waals surface area contributed by atoms with E-state index < -0.39 is 0 Å². The summed E-state index contributed by atoms with van der Waals surface area (Å²) >= 11 is 1.36. The lowest BCUT2D eigenvalue weighted by Gasteiger charge is -2.06. The molecule has 0 amide bonds. The summed E-state index contributed by atoms with van der Waals surface area (Å²) in [5, 5.41) is 0.855. The molecule has 26 heavy (non-hydrogen) atoms. The highest BCUT2D eigenvalue weighted by atomic mass is 32.1. The predicted molar refractivity (Wildman–Crippen MR) is 103 cm³/mol. The normalized spacial score (nSPS) is 11.4. The molecule has 6 heteroatoms. The SMILES string of the molecule is Cc1nc2c(sc3nc(-c4ccccc4)cc(-c4ccco4)c32)c(=O)[nH]1. The van der Waals surface area contributed by atoms with Crippen LogP contribution in [0, 0.1) is 6.92 Å². The first-order chi connectivity index (χ1) is 12.7. The third-order valence-electron chi connectivity index (χ3n) is 4.27. The lowest BCUT2D eigenvalue weighted by Crippen LogP contribution is -2.07. The number of pyridine rings is 1. The smallest absolute Gasteiger partial charge is 0.268 e. The Morgan fingerprint density at radius 1 is 1.08 bits per heavy atom. The summed E-state index contributed by atoms with van der Waals surface area (Å²) in [5.74, 6) is 1.31. The van der Waals surface area contributed by atoms with E-state index in [1.165, 1.54) is 11.3 Å². The molecular weight excluding hydrogens is 346 g/mol. The Hall–Kier alpha value is -3.25. The molecule has 0 radical (unpaired) electrons. The molecule has 5 aromatic rings. The van der Waals surface area contributed by atoms with Gasteiger partial charge in [0.05, 0.1) is 17.5 Å². The van der Waals surface area contributed by atoms with Gasteiger partial charge in [-0.15, -0.1) is 11.3 Å². The summed E-state index contributed by atoms with van der Waals surface area (Å²) in [6, 6.07) is 15.7. The number of hydrogen-bond donors (Lipinski definition) is 1. The van der Waals surface area contributed by atoms with Crippen LogP contribution in [0.15, 0.2) is 64.0 Å². The summed E-state index contributed by atoms with van der Waals surface area (Å²) in [7, 11) is 0. The Morgan fingerprint density at radius 2 is 1.92 bits per heavy atom. The molecule has 0 aliphatic heterocycles. The highest BCUT2D eigenvalue weighted by molar-refractivity contribution is 7.25. The summed E-state index contributed by atoms with van der Waals surface area (Å²) in [5.41, 5.74) is 3.27. The van der Waals surface area contributed by atoms with Gasteiger partial charge in [0.2, 0.25) is 0 Å². The molecule has 0 fully saturated rings. The molecule has 0 bridgehead atoms. The van der Waals surface area contributed by atoms with Crippen molar-refractivity contribution < 1.29 is 4.42 Å². The Balaban J connectivity index is 1.95. The maximum absolute atomic E-state index is 12.4. The Labute approximate surface area is 152 Å². The van der Waals surface area contributed by atoms with E-state index in [-0.39, 0.29) is 5.56 Å². The third-order valence-corrected chi connectivity index (χ3v) is 5.34. The molecule has 5 rings (SSSR count). The van der Waals surface area contributed by atoms with Gasteiger partial charge in [-0.2, -0.15) is 0 Å². The van der Waals surface area contributed by atoms with Crippen molar-refractivity contribution in [3.8, 4) is 22.6 Å². The van der Waals surface area contributed by atoms with Gasteiger partial charge in [-0.05, 0) is 25.1 Å². The average molecular weight is 359 g/mol. The minimum Gasteiger partial charge on any atom is -0.464 e. The van der Waals surface area contributed by atoms with E-state index in [4.69, 9.17) is 9.40 Å². The number of nitrogens with zero attached hydrogens (tertiary/aromatic N) is 2. The first-order valence-corrected chi connectivity index (χ1v) is 8.96. The number of fused-ring (bicyclic) bond motifs is 3. The van der Waals surface area contributed by atoms with E-state index in [0.29, 0.717) is 16.0 Å². The van der Waals surface area contributed by atoms with Gasteiger partial charge in [0.1, 0.15) is 21.1 Å². The zero-order chi connectivity index (χ0) is 17.7. The van der Waals surface area contributed by atoms with Crippen LogP contribution in [0.2, 0.25) is 0 Å². The van der Waals surface area contributed by atoms with Gasteiger partial charge in [-0.3, -0.25) is 4.79 Å². The predicted octanol–water partition coefficient (Wildman–Crippen LogP) is 4.77. The number of thiophene rings is 1. The second-order valence-corrected chi connectivity index (χ2v) is 7.01. The van der Waals surface area contributed by atoms with Crippen LogP contribution in [0.1, 0.15) is 5.82 Å². The summed E-state index contributed by atoms with van der Waals surface area (Å²) < 4.78 is 6.24. The van der Waals surface area contributed by atoms with Crippen LogP contribution in [-0.2, 0) is 0 Å². The van der Waals surface area contributed by atoms with Crippen LogP contribution >= 0.6 is 11.3 Å². The second kappa shape index (κ2) is 5.64. The van der Waals surface area contributed by atoms with Crippen LogP contribution in [0.5, 0.6) is 0 Å². The Bertz CT molecular complexity index is 1300. The quantitative estimate of drug-likeness (QED) is 0.493. The molecule has 126 valence electrons. The molecule has 1 aromatic carbocycles. The first kappa shape index (κ1) is 15.0. The van der Waals surface area contributed by atoms with Crippen molar-refractivity contribution in [3.05, 3.63) is 71.0 Å². The van der Waals surface area contributed by atoms with Gasteiger partial charge >= 0.3 is 0 Å². The van der Waals surface area contributed by atoms with Crippen molar-refractivity contribution >= 4 is 31.8 Å². The fourth-order valence-electron chi connectivity index (χ4n) is 3.14. The van der Waals surface area contributed by atoms with E-state index in [1.807, 2.05) is 48.5 Å². The lowest BCUT2D eigenvalue weighted by atomic mass is 10.0. The van der Waals surface area contributed by atoms with Crippen LogP contribution in [0.3, 0.4) is 0 Å². The Morgan fingerprint density at radius 3 is 2.69 bits per heavy atom. The number of benzene rings is 1. The van der Waals surface area contributed by atoms with Gasteiger partial charge < -0.3 is 9.40 Å². The number of aryl methyl sites for hydroxylation is 1. The number of hydrogen-bond acceptors (Lipinski definition) is 5. The molecule has 0 unspecified atom stereocenters. The molecule has 0 saturated heterocycles. The van der Waals surface area contributed by atoms with Gasteiger partial charge in [-0.25, -0.2) is 9.97 Å². The van der Waals surface area contributed by atoms with Crippen molar-refractivity contribution in [2.24, 2.45) is 0 Å². The molecular formula is C20H13N3O2S. The molecule has 5 nitrogen and oxygen atoms in total. The second-order valence-electron chi connectivity index (χ2n) is 6.01. The Kier molecular flexibility index (Phi) is 3.26. The van der Waals surface area contributed by atoms with Gasteiger partial charge in [0.15, 0.2) is 0 Å². The monoisotopic (exact) mass is 359 g/mol. The maximum Gasteiger partial charge on any atom is 0.268 e. The number of furan rings is 1. The third kappa shape index (κ3) is 2.27. The van der Waals surface area contributed by atoms with Crippen LogP contribution in [0.4, 0.5) is 0 Å². The molecule has 4 aromatic heterocycles. The summed E-state index contributed by atoms with van der Waals surface area (Å²) in [6.45, 7) is 1.78. The number of H-pyrrole nitrogens is 1. The van der Waals surface area contributed by atoms with Crippen LogP contribution in [-0.4, -0.2) is 15.0 Å². The highest BCUT2D eigenvalue weighted by Crippen LogP contribution is 2.39. The molecule has 0 aliphatic carbocycles. The van der Waals surface area contributed by atoms with Crippen LogP contribution < -0.4 is 5.56 Å². The van der Waals surface area contributed by atoms with Gasteiger partial charge in [-0.1, -0.05) is 30.3 Å². The number of aromatic amines is 1. The molecule has 0 spiro atoms. The zero-order valence-electron chi connectivity index (χ0n) is 13.8. The topological polar surface area (TPSA) is 71.8 Å². The minimum absolute atomic E-state index is 0.137. The van der Waals surface area contributed by atoms with Crippen LogP contribution in [0.25, 0.3) is 43.0 Å². The van der Waals surface area contributed by atoms with Crippen molar-refractivity contribution in [2.75, 3.05) is 0 Å². The van der Waals surface area contributed by atoms with E-state index >= 15 is 0 Å². The highest BCUT2D eigenvalue weighted by Gasteiger charge is 2.19. The largest absolute Gasteiger partial charge is 0.464 e. The van der Waals surface area contributed by atoms with Gasteiger partial charge in [0.25, 0.3) is 5.56 Å². The van der Waals surface area contributed by atoms with E-state index in [1.54, 1.807) is 13.2 Å². The molecule has 1 N–H and O–H groups in total. The van der Waals surface area contributed by atoms with E-state index in [2.05, 4.69) is 9.97 Å². The summed E-state index contributed by atoms with van der Waals surface area (Å²) in [4.78, 5) is 25.3. The number of rotatable bonds is 2. The van der Waals surface area contributed by atoms with E-state index in [0.717, 1.165) is 32.8 Å². The minimum atomic E-state index is -0.137. The lowest BCUT2D eigenvalue weighted by molar-refractivity contribution is 0.583. The van der Waals surface area contributed by atoms with Crippen molar-refractivity contribution in [1.29, 1.82) is 0 Å². The maximum atomic E-state index is 12.4. The molecule has 0 saturated carbocycles. The average Bonchev–Trinajstić information content (AvgIpc) is 3.30. The van der Waals surface area contributed by atoms with E-state index in [9.17, 15) is 4.79 Å². The molecule has 0 atom stereocenters. The molecule has 4 heterocycles. The van der Waals surface area contributed by atoms with Crippen molar-refractivity contribution in [1.82, 2.24) is 15.0 Å². The zero-order valence-corrected chi connectivity index (χ0v) is 14.6. The number of aromatic nitrogens is 3. The van der Waals surface area contributed by atoms with Gasteiger partial charge in [0, 0.05) is 16.5 Å². The summed E-state index contributed by atoms with van der Waals surface area (Å²) in [6.07, 6.45) is 1.64. The fraction of sp³-hybridized carbons (Fsp3) is 0.0500. The fourth-order valence-corrected chi connectivity index (χ4v) is 4.18.